The molecule has 2 nitrogen and oxygen atoms in total. The van der Waals surface area contributed by atoms with Crippen LogP contribution in [0.5, 0.6) is 0 Å². The van der Waals surface area contributed by atoms with Crippen molar-refractivity contribution in [3.8, 4) is 0 Å². The van der Waals surface area contributed by atoms with Crippen molar-refractivity contribution < 1.29 is 13.6 Å². The number of benzene rings is 2. The molecule has 1 saturated heterocycles. The molecule has 1 amide bonds. The second-order valence-corrected chi connectivity index (χ2v) is 5.39. The maximum absolute atomic E-state index is 14.2. The minimum absolute atomic E-state index is 0.181. The van der Waals surface area contributed by atoms with Gasteiger partial charge in [-0.05, 0) is 18.1 Å². The fourth-order valence-electron chi connectivity index (χ4n) is 2.79. The highest BCUT2D eigenvalue weighted by Gasteiger charge is 2.72. The summed E-state index contributed by atoms with van der Waals surface area (Å²) >= 11 is 0. The number of hydrogen-bond acceptors (Lipinski definition) is 1. The first-order chi connectivity index (χ1) is 9.98. The Labute approximate surface area is 122 Å². The average Bonchev–Trinajstić information content (AvgIpc) is 2.53. The Morgan fingerprint density at radius 2 is 1.48 bits per heavy atom. The molecule has 1 unspecified atom stereocenters. The van der Waals surface area contributed by atoms with E-state index in [1.54, 1.807) is 30.3 Å². The molecule has 4 heteroatoms. The third-order valence-electron chi connectivity index (χ3n) is 4.18. The minimum atomic E-state index is -3.37. The normalized spacial score (nSPS) is 23.8. The lowest BCUT2D eigenvalue weighted by Gasteiger charge is -2.55. The Bertz CT molecular complexity index is 657. The third kappa shape index (κ3) is 1.86. The lowest BCUT2D eigenvalue weighted by atomic mass is 9.75. The molecule has 0 saturated carbocycles. The number of nitrogens with zero attached hydrogens (tertiary/aromatic N) is 1. The molecule has 1 aliphatic rings. The predicted octanol–water partition coefficient (Wildman–Crippen LogP) is 3.58. The largest absolute Gasteiger partial charge is 0.351 e. The van der Waals surface area contributed by atoms with Crippen molar-refractivity contribution in [2.24, 2.45) is 0 Å². The van der Waals surface area contributed by atoms with Crippen molar-refractivity contribution in [2.45, 2.75) is 24.9 Å². The number of rotatable bonds is 3. The van der Waals surface area contributed by atoms with Crippen molar-refractivity contribution in [2.75, 3.05) is 0 Å². The van der Waals surface area contributed by atoms with Gasteiger partial charge in [0.1, 0.15) is 5.54 Å². The van der Waals surface area contributed by atoms with E-state index in [0.29, 0.717) is 5.56 Å². The molecule has 3 rings (SSSR count). The standard InChI is InChI=1S/C17H15F2NO/c1-16(14-10-6-3-7-11-14)17(18,19)15(21)20(16)12-13-8-4-2-5-9-13/h2-11H,12H2,1H3. The monoisotopic (exact) mass is 287 g/mol. The number of carbonyl (C=O) groups is 1. The van der Waals surface area contributed by atoms with Gasteiger partial charge in [0.05, 0.1) is 0 Å². The van der Waals surface area contributed by atoms with Crippen LogP contribution >= 0.6 is 0 Å². The fraction of sp³-hybridized carbons (Fsp3) is 0.235. The van der Waals surface area contributed by atoms with Crippen molar-refractivity contribution in [3.05, 3.63) is 71.8 Å². The first kappa shape index (κ1) is 13.7. The Hall–Kier alpha value is -2.23. The van der Waals surface area contributed by atoms with E-state index in [4.69, 9.17) is 0 Å². The lowest BCUT2D eigenvalue weighted by Crippen LogP contribution is -2.74. The maximum Gasteiger partial charge on any atom is 0.351 e. The SMILES string of the molecule is CC1(c2ccccc2)N(Cc2ccccc2)C(=O)C1(F)F. The van der Waals surface area contributed by atoms with Crippen molar-refractivity contribution in [3.63, 3.8) is 0 Å². The smallest absolute Gasteiger partial charge is 0.317 e. The van der Waals surface area contributed by atoms with Gasteiger partial charge in [-0.3, -0.25) is 4.79 Å². The summed E-state index contributed by atoms with van der Waals surface area (Å²) in [6, 6.07) is 17.6. The van der Waals surface area contributed by atoms with Crippen LogP contribution in [0.1, 0.15) is 18.1 Å². The Morgan fingerprint density at radius 3 is 2.05 bits per heavy atom. The highest BCUT2D eigenvalue weighted by Crippen LogP contribution is 2.53. The first-order valence-electron chi connectivity index (χ1n) is 6.77. The number of halogens is 2. The van der Waals surface area contributed by atoms with E-state index in [2.05, 4.69) is 0 Å². The molecule has 0 radical (unpaired) electrons. The summed E-state index contributed by atoms with van der Waals surface area (Å²) in [5.74, 6) is -4.49. The second-order valence-electron chi connectivity index (χ2n) is 5.39. The van der Waals surface area contributed by atoms with E-state index < -0.39 is 17.4 Å². The van der Waals surface area contributed by atoms with Crippen LogP contribution in [-0.4, -0.2) is 16.7 Å². The van der Waals surface area contributed by atoms with Gasteiger partial charge in [-0.25, -0.2) is 0 Å². The highest BCUT2D eigenvalue weighted by atomic mass is 19.3. The quantitative estimate of drug-likeness (QED) is 0.790. The Balaban J connectivity index is 1.98. The van der Waals surface area contributed by atoms with Gasteiger partial charge in [-0.1, -0.05) is 60.7 Å². The van der Waals surface area contributed by atoms with E-state index in [9.17, 15) is 13.6 Å². The van der Waals surface area contributed by atoms with E-state index in [1.165, 1.54) is 11.8 Å². The van der Waals surface area contributed by atoms with Crippen LogP contribution in [0.3, 0.4) is 0 Å². The zero-order valence-corrected chi connectivity index (χ0v) is 11.6. The summed E-state index contributed by atoms with van der Waals surface area (Å²) in [7, 11) is 0. The van der Waals surface area contributed by atoms with E-state index in [1.807, 2.05) is 30.3 Å². The van der Waals surface area contributed by atoms with Gasteiger partial charge in [0.15, 0.2) is 0 Å². The fourth-order valence-corrected chi connectivity index (χ4v) is 2.79. The van der Waals surface area contributed by atoms with Gasteiger partial charge in [-0.15, -0.1) is 0 Å². The van der Waals surface area contributed by atoms with Crippen LogP contribution < -0.4 is 0 Å². The van der Waals surface area contributed by atoms with Crippen LogP contribution in [0.4, 0.5) is 8.78 Å². The lowest BCUT2D eigenvalue weighted by molar-refractivity contribution is -0.237. The molecular formula is C17H15F2NO. The van der Waals surface area contributed by atoms with Gasteiger partial charge >= 0.3 is 5.92 Å². The Kier molecular flexibility index (Phi) is 3.04. The molecule has 21 heavy (non-hydrogen) atoms. The predicted molar refractivity (Wildman–Crippen MR) is 75.7 cm³/mol. The molecule has 2 aromatic carbocycles. The molecule has 0 aromatic heterocycles. The van der Waals surface area contributed by atoms with Gasteiger partial charge in [-0.2, -0.15) is 8.78 Å². The van der Waals surface area contributed by atoms with Gasteiger partial charge < -0.3 is 4.90 Å². The molecule has 2 aromatic rings. The van der Waals surface area contributed by atoms with Crippen LogP contribution in [0.2, 0.25) is 0 Å². The van der Waals surface area contributed by atoms with Crippen LogP contribution in [0, 0.1) is 0 Å². The number of amides is 1. The Morgan fingerprint density at radius 1 is 0.952 bits per heavy atom. The molecule has 1 heterocycles. The minimum Gasteiger partial charge on any atom is -0.317 e. The maximum atomic E-state index is 14.2. The topological polar surface area (TPSA) is 20.3 Å². The summed E-state index contributed by atoms with van der Waals surface area (Å²) in [4.78, 5) is 13.1. The number of carbonyl (C=O) groups excluding carboxylic acids is 1. The number of likely N-dealkylation sites (tertiary alicyclic amines) is 1. The van der Waals surface area contributed by atoms with E-state index in [-0.39, 0.29) is 6.54 Å². The molecule has 1 atom stereocenters. The number of alkyl halides is 2. The van der Waals surface area contributed by atoms with Gasteiger partial charge in [0.2, 0.25) is 0 Å². The van der Waals surface area contributed by atoms with Gasteiger partial charge in [0.25, 0.3) is 5.91 Å². The molecule has 0 N–H and O–H groups in total. The van der Waals surface area contributed by atoms with Crippen LogP contribution in [0.15, 0.2) is 60.7 Å². The summed E-state index contributed by atoms with van der Waals surface area (Å²) in [6.45, 7) is 1.60. The van der Waals surface area contributed by atoms with Crippen molar-refractivity contribution in [1.29, 1.82) is 0 Å². The molecule has 1 fully saturated rings. The van der Waals surface area contributed by atoms with E-state index >= 15 is 0 Å². The molecule has 108 valence electrons. The van der Waals surface area contributed by atoms with E-state index in [0.717, 1.165) is 5.56 Å². The zero-order chi connectivity index (χ0) is 15.1. The molecular weight excluding hydrogens is 272 g/mol. The summed E-state index contributed by atoms with van der Waals surface area (Å²) in [5.41, 5.74) is -0.310. The van der Waals surface area contributed by atoms with Gasteiger partial charge in [0, 0.05) is 6.54 Å². The second kappa shape index (κ2) is 4.65. The molecule has 0 aliphatic carbocycles. The summed E-state index contributed by atoms with van der Waals surface area (Å²) in [6.07, 6.45) is 0. The number of β-lactam (4-membered cyclic amide) rings is 1. The molecule has 0 spiro atoms. The molecule has 1 aliphatic heterocycles. The third-order valence-corrected chi connectivity index (χ3v) is 4.18. The van der Waals surface area contributed by atoms with Crippen LogP contribution in [0.25, 0.3) is 0 Å². The number of hydrogen-bond donors (Lipinski definition) is 0. The zero-order valence-electron chi connectivity index (χ0n) is 11.6. The van der Waals surface area contributed by atoms with Crippen molar-refractivity contribution >= 4 is 5.91 Å². The summed E-state index contributed by atoms with van der Waals surface area (Å²) in [5, 5.41) is 0. The highest BCUT2D eigenvalue weighted by molar-refractivity contribution is 5.93. The summed E-state index contributed by atoms with van der Waals surface area (Å²) < 4.78 is 28.5. The average molecular weight is 287 g/mol. The first-order valence-corrected chi connectivity index (χ1v) is 6.77. The molecule has 0 bridgehead atoms. The van der Waals surface area contributed by atoms with Crippen molar-refractivity contribution in [1.82, 2.24) is 4.90 Å². The van der Waals surface area contributed by atoms with Crippen LogP contribution in [-0.2, 0) is 16.9 Å².